The van der Waals surface area contributed by atoms with Crippen molar-refractivity contribution in [2.45, 2.75) is 19.0 Å². The highest BCUT2D eigenvalue weighted by atomic mass is 19.4. The van der Waals surface area contributed by atoms with Crippen molar-refractivity contribution in [1.29, 1.82) is 0 Å². The minimum Gasteiger partial charge on any atom is -0.594 e. The molecular weight excluding hydrogens is 275 g/mol. The normalized spacial score (nSPS) is 11.6. The first-order valence-corrected chi connectivity index (χ1v) is 5.66. The van der Waals surface area contributed by atoms with E-state index in [1.54, 1.807) is 0 Å². The Bertz CT molecular complexity index is 600. The molecule has 0 aromatic carbocycles. The van der Waals surface area contributed by atoms with Gasteiger partial charge in [-0.25, -0.2) is 0 Å². The molecule has 0 bridgehead atoms. The van der Waals surface area contributed by atoms with E-state index in [0.29, 0.717) is 16.8 Å². The van der Waals surface area contributed by atoms with Crippen LogP contribution in [0.1, 0.15) is 17.0 Å². The summed E-state index contributed by atoms with van der Waals surface area (Å²) in [6.07, 6.45) is -1.79. The van der Waals surface area contributed by atoms with Crippen LogP contribution in [0.3, 0.4) is 0 Å². The van der Waals surface area contributed by atoms with Crippen LogP contribution in [-0.4, -0.2) is 15.2 Å². The molecule has 0 saturated heterocycles. The highest BCUT2D eigenvalue weighted by Gasteiger charge is 2.31. The number of nitrogens with zero attached hydrogens (tertiary/aromatic N) is 3. The van der Waals surface area contributed by atoms with Crippen molar-refractivity contribution < 1.29 is 23.1 Å². The second-order valence-electron chi connectivity index (χ2n) is 4.13. The molecular formula is C12H10F3N3O2. The number of aromatic nitrogens is 3. The number of aromatic hydroxyl groups is 1. The molecule has 0 aliphatic heterocycles. The van der Waals surface area contributed by atoms with Crippen LogP contribution in [0.4, 0.5) is 13.2 Å². The van der Waals surface area contributed by atoms with E-state index in [4.69, 9.17) is 0 Å². The number of hydrogen-bond donors (Lipinski definition) is 1. The number of halogens is 3. The third kappa shape index (κ3) is 3.34. The summed E-state index contributed by atoms with van der Waals surface area (Å²) in [6.45, 7) is 0. The molecule has 106 valence electrons. The molecule has 20 heavy (non-hydrogen) atoms. The quantitative estimate of drug-likeness (QED) is 0.687. The summed E-state index contributed by atoms with van der Waals surface area (Å²) in [4.78, 5) is 3.69. The molecule has 2 heterocycles. The average Bonchev–Trinajstić information content (AvgIpc) is 2.39. The van der Waals surface area contributed by atoms with Gasteiger partial charge in [0.1, 0.15) is 17.6 Å². The van der Waals surface area contributed by atoms with Crippen LogP contribution in [0.15, 0.2) is 30.6 Å². The molecule has 0 saturated carbocycles. The first kappa shape index (κ1) is 14.0. The summed E-state index contributed by atoms with van der Waals surface area (Å²) in [5, 5.41) is 23.9. The molecule has 0 fully saturated rings. The van der Waals surface area contributed by atoms with Crippen molar-refractivity contribution in [2.24, 2.45) is 0 Å². The fourth-order valence-corrected chi connectivity index (χ4v) is 1.63. The van der Waals surface area contributed by atoms with Crippen LogP contribution in [-0.2, 0) is 19.0 Å². The van der Waals surface area contributed by atoms with Crippen LogP contribution < -0.4 is 4.85 Å². The Morgan fingerprint density at radius 1 is 1.20 bits per heavy atom. The third-order valence-electron chi connectivity index (χ3n) is 2.64. The lowest BCUT2D eigenvalue weighted by molar-refractivity contribution is -0.676. The van der Waals surface area contributed by atoms with Crippen molar-refractivity contribution in [3.05, 3.63) is 52.8 Å². The molecule has 0 aliphatic rings. The van der Waals surface area contributed by atoms with E-state index in [1.807, 2.05) is 0 Å². The maximum atomic E-state index is 12.3. The highest BCUT2D eigenvalue weighted by Crippen LogP contribution is 2.27. The lowest BCUT2D eigenvalue weighted by Crippen LogP contribution is -2.35. The Labute approximate surface area is 111 Å². The first-order chi connectivity index (χ1) is 9.36. The van der Waals surface area contributed by atoms with E-state index in [9.17, 15) is 23.5 Å². The van der Waals surface area contributed by atoms with Gasteiger partial charge in [-0.2, -0.15) is 13.2 Å². The van der Waals surface area contributed by atoms with Gasteiger partial charge in [-0.05, 0) is 18.1 Å². The average molecular weight is 285 g/mol. The zero-order valence-electron chi connectivity index (χ0n) is 10.1. The molecule has 2 rings (SSSR count). The minimum absolute atomic E-state index is 0.141. The fraction of sp³-hybridized carbons (Fsp3) is 0.250. The number of alkyl halides is 3. The van der Waals surface area contributed by atoms with Gasteiger partial charge in [-0.15, -0.1) is 0 Å². The molecule has 2 aromatic rings. The van der Waals surface area contributed by atoms with Gasteiger partial charge in [0.05, 0.1) is 6.07 Å². The Morgan fingerprint density at radius 3 is 2.55 bits per heavy atom. The minimum atomic E-state index is -4.47. The summed E-state index contributed by atoms with van der Waals surface area (Å²) < 4.78 is 37.0. The van der Waals surface area contributed by atoms with Crippen LogP contribution in [0.25, 0.3) is 0 Å². The zero-order chi connectivity index (χ0) is 14.8. The van der Waals surface area contributed by atoms with Crippen molar-refractivity contribution in [3.63, 3.8) is 0 Å². The van der Waals surface area contributed by atoms with E-state index in [0.717, 1.165) is 18.5 Å². The van der Waals surface area contributed by atoms with E-state index in [2.05, 4.69) is 10.1 Å². The zero-order valence-corrected chi connectivity index (χ0v) is 10.1. The monoisotopic (exact) mass is 285 g/mol. The summed E-state index contributed by atoms with van der Waals surface area (Å²) >= 11 is 0. The second kappa shape index (κ2) is 5.32. The molecule has 8 heteroatoms. The topological polar surface area (TPSA) is 73.0 Å². The Balaban J connectivity index is 2.06. The van der Waals surface area contributed by atoms with Gasteiger partial charge in [0.2, 0.25) is 5.69 Å². The Kier molecular flexibility index (Phi) is 3.73. The Morgan fingerprint density at radius 2 is 1.95 bits per heavy atom. The highest BCUT2D eigenvalue weighted by molar-refractivity contribution is 5.19. The lowest BCUT2D eigenvalue weighted by atomic mass is 10.1. The first-order valence-electron chi connectivity index (χ1n) is 5.66. The molecule has 2 aromatic heterocycles. The van der Waals surface area contributed by atoms with E-state index in [1.165, 1.54) is 12.1 Å². The fourth-order valence-electron chi connectivity index (χ4n) is 1.63. The van der Waals surface area contributed by atoms with Gasteiger partial charge < -0.3 is 10.3 Å². The summed E-state index contributed by atoms with van der Waals surface area (Å²) in [6, 6.07) is 3.46. The van der Waals surface area contributed by atoms with Gasteiger partial charge >= 0.3 is 6.18 Å². The maximum Gasteiger partial charge on any atom is 0.433 e. The van der Waals surface area contributed by atoms with Crippen LogP contribution in [0.2, 0.25) is 0 Å². The SMILES string of the molecule is [O-][n+]1ncc(O)cc1CCc1ccc(C(F)(F)F)nc1. The number of pyridine rings is 1. The van der Waals surface area contributed by atoms with E-state index in [-0.39, 0.29) is 17.9 Å². The molecule has 1 N–H and O–H groups in total. The molecule has 0 spiro atoms. The largest absolute Gasteiger partial charge is 0.594 e. The van der Waals surface area contributed by atoms with Crippen molar-refractivity contribution in [3.8, 4) is 5.75 Å². The van der Waals surface area contributed by atoms with Crippen LogP contribution in [0.5, 0.6) is 5.75 Å². The van der Waals surface area contributed by atoms with Crippen LogP contribution >= 0.6 is 0 Å². The van der Waals surface area contributed by atoms with Crippen molar-refractivity contribution in [1.82, 2.24) is 10.1 Å². The van der Waals surface area contributed by atoms with E-state index < -0.39 is 11.9 Å². The van der Waals surface area contributed by atoms with Gasteiger partial charge in [-0.3, -0.25) is 4.98 Å². The predicted molar refractivity (Wildman–Crippen MR) is 61.5 cm³/mol. The van der Waals surface area contributed by atoms with Gasteiger partial charge in [0.15, 0.2) is 0 Å². The van der Waals surface area contributed by atoms with Gasteiger partial charge in [0.25, 0.3) is 0 Å². The molecule has 0 atom stereocenters. The van der Waals surface area contributed by atoms with Crippen molar-refractivity contribution >= 4 is 0 Å². The second-order valence-corrected chi connectivity index (χ2v) is 4.13. The standard InChI is InChI=1S/C12H10F3N3O2/c13-12(14,15)11-4-2-8(6-16-11)1-3-9-5-10(19)7-17-18(9)20/h2,4-7,19H,1,3H2. The predicted octanol–water partition coefficient (Wildman–Crippen LogP) is 1.62. The molecule has 0 amide bonds. The lowest BCUT2D eigenvalue weighted by Gasteiger charge is -2.06. The molecule has 0 aliphatic carbocycles. The Hall–Kier alpha value is -2.38. The number of rotatable bonds is 3. The van der Waals surface area contributed by atoms with Crippen LogP contribution in [0, 0.1) is 5.21 Å². The van der Waals surface area contributed by atoms with Gasteiger partial charge in [-0.1, -0.05) is 10.9 Å². The molecule has 5 nitrogen and oxygen atoms in total. The summed E-state index contributed by atoms with van der Waals surface area (Å²) in [7, 11) is 0. The molecule has 0 unspecified atom stereocenters. The number of hydrogen-bond acceptors (Lipinski definition) is 4. The smallest absolute Gasteiger partial charge is 0.433 e. The van der Waals surface area contributed by atoms with Crippen molar-refractivity contribution in [2.75, 3.05) is 0 Å². The molecule has 0 radical (unpaired) electrons. The van der Waals surface area contributed by atoms with Gasteiger partial charge in [0, 0.05) is 17.7 Å². The van der Waals surface area contributed by atoms with E-state index >= 15 is 0 Å². The summed E-state index contributed by atoms with van der Waals surface area (Å²) in [5.74, 6) is -0.141. The third-order valence-corrected chi connectivity index (χ3v) is 2.64. The number of aryl methyl sites for hydroxylation is 2. The summed E-state index contributed by atoms with van der Waals surface area (Å²) in [5.41, 5.74) is -0.176. The maximum absolute atomic E-state index is 12.3.